The van der Waals surface area contributed by atoms with E-state index in [-0.39, 0.29) is 23.3 Å². The van der Waals surface area contributed by atoms with E-state index in [1.54, 1.807) is 0 Å². The Bertz CT molecular complexity index is 264. The molecule has 2 aliphatic heterocycles. The molecule has 0 saturated carbocycles. The minimum absolute atomic E-state index is 0.0516. The molecule has 17 heavy (non-hydrogen) atoms. The van der Waals surface area contributed by atoms with Gasteiger partial charge in [-0.2, -0.15) is 0 Å². The molecule has 2 rings (SSSR count). The standard InChI is InChI=1S/C13H24N2O2/c1-10(2)12(16)15-11-9-17-8-5-13(11)3-6-14-7-4-13/h10-11,14H,3-9H2,1-2H3,(H,15,16). The van der Waals surface area contributed by atoms with Crippen molar-refractivity contribution in [2.75, 3.05) is 26.3 Å². The lowest BCUT2D eigenvalue weighted by molar-refractivity contribution is -0.128. The predicted molar refractivity (Wildman–Crippen MR) is 66.7 cm³/mol. The number of ether oxygens (including phenoxy) is 1. The summed E-state index contributed by atoms with van der Waals surface area (Å²) in [5.74, 6) is 0.203. The summed E-state index contributed by atoms with van der Waals surface area (Å²) in [6, 6.07) is 0.202. The normalized spacial score (nSPS) is 28.3. The zero-order valence-corrected chi connectivity index (χ0v) is 10.9. The molecular formula is C13H24N2O2. The van der Waals surface area contributed by atoms with Crippen LogP contribution in [0.4, 0.5) is 0 Å². The number of amides is 1. The highest BCUT2D eigenvalue weighted by molar-refractivity contribution is 5.78. The average Bonchev–Trinajstić information content (AvgIpc) is 2.33. The molecule has 0 bridgehead atoms. The Morgan fingerprint density at radius 3 is 2.71 bits per heavy atom. The number of nitrogens with one attached hydrogen (secondary N) is 2. The Balaban J connectivity index is 2.03. The molecule has 1 atom stereocenters. The minimum Gasteiger partial charge on any atom is -0.379 e. The fourth-order valence-corrected chi connectivity index (χ4v) is 2.88. The third kappa shape index (κ3) is 2.80. The van der Waals surface area contributed by atoms with Gasteiger partial charge in [0.2, 0.25) is 5.91 Å². The van der Waals surface area contributed by atoms with Gasteiger partial charge in [0.25, 0.3) is 0 Å². The molecule has 2 fully saturated rings. The predicted octanol–water partition coefficient (Wildman–Crippen LogP) is 0.917. The molecule has 0 radical (unpaired) electrons. The summed E-state index contributed by atoms with van der Waals surface area (Å²) < 4.78 is 5.56. The summed E-state index contributed by atoms with van der Waals surface area (Å²) in [7, 11) is 0. The van der Waals surface area contributed by atoms with Crippen molar-refractivity contribution >= 4 is 5.91 Å². The number of hydrogen-bond acceptors (Lipinski definition) is 3. The number of piperidine rings is 1. The van der Waals surface area contributed by atoms with Crippen molar-refractivity contribution in [2.24, 2.45) is 11.3 Å². The maximum absolute atomic E-state index is 11.9. The van der Waals surface area contributed by atoms with Crippen molar-refractivity contribution in [1.82, 2.24) is 10.6 Å². The number of hydrogen-bond donors (Lipinski definition) is 2. The second-order valence-electron chi connectivity index (χ2n) is 5.65. The first-order chi connectivity index (χ1) is 8.14. The van der Waals surface area contributed by atoms with Gasteiger partial charge >= 0.3 is 0 Å². The first-order valence-corrected chi connectivity index (χ1v) is 6.73. The molecule has 0 aliphatic carbocycles. The monoisotopic (exact) mass is 240 g/mol. The first-order valence-electron chi connectivity index (χ1n) is 6.73. The van der Waals surface area contributed by atoms with Crippen molar-refractivity contribution in [3.63, 3.8) is 0 Å². The molecule has 1 unspecified atom stereocenters. The number of rotatable bonds is 2. The maximum atomic E-state index is 11.9. The van der Waals surface area contributed by atoms with Crippen molar-refractivity contribution in [1.29, 1.82) is 0 Å². The van der Waals surface area contributed by atoms with Crippen molar-refractivity contribution < 1.29 is 9.53 Å². The SMILES string of the molecule is CC(C)C(=O)NC1COCCC12CCNCC2. The highest BCUT2D eigenvalue weighted by Gasteiger charge is 2.42. The van der Waals surface area contributed by atoms with E-state index < -0.39 is 0 Å². The van der Waals surface area contributed by atoms with Crippen molar-refractivity contribution in [2.45, 2.75) is 39.2 Å². The Morgan fingerprint density at radius 2 is 2.06 bits per heavy atom. The van der Waals surface area contributed by atoms with E-state index in [9.17, 15) is 4.79 Å². The molecule has 2 aliphatic rings. The Labute approximate surface area is 103 Å². The van der Waals surface area contributed by atoms with Crippen LogP contribution in [-0.4, -0.2) is 38.3 Å². The highest BCUT2D eigenvalue weighted by atomic mass is 16.5. The molecule has 2 N–H and O–H groups in total. The molecule has 1 amide bonds. The van der Waals surface area contributed by atoms with E-state index in [4.69, 9.17) is 4.74 Å². The lowest BCUT2D eigenvalue weighted by Gasteiger charge is -2.47. The van der Waals surface area contributed by atoms with Gasteiger partial charge in [-0.05, 0) is 37.8 Å². The second kappa shape index (κ2) is 5.36. The molecule has 0 aromatic heterocycles. The lowest BCUT2D eigenvalue weighted by Crippen LogP contribution is -2.57. The van der Waals surface area contributed by atoms with Crippen LogP contribution in [-0.2, 0) is 9.53 Å². The van der Waals surface area contributed by atoms with Gasteiger partial charge in [0.05, 0.1) is 12.6 Å². The van der Waals surface area contributed by atoms with Crippen LogP contribution in [0.25, 0.3) is 0 Å². The van der Waals surface area contributed by atoms with Gasteiger partial charge in [-0.3, -0.25) is 4.79 Å². The zero-order valence-electron chi connectivity index (χ0n) is 10.9. The molecule has 1 spiro atoms. The van der Waals surface area contributed by atoms with E-state index in [2.05, 4.69) is 10.6 Å². The van der Waals surface area contributed by atoms with E-state index in [0.29, 0.717) is 6.61 Å². The van der Waals surface area contributed by atoms with Crippen LogP contribution in [0.2, 0.25) is 0 Å². The van der Waals surface area contributed by atoms with Crippen LogP contribution in [0.1, 0.15) is 33.1 Å². The van der Waals surface area contributed by atoms with E-state index in [0.717, 1.165) is 39.0 Å². The second-order valence-corrected chi connectivity index (χ2v) is 5.65. The summed E-state index contributed by atoms with van der Waals surface area (Å²) in [6.45, 7) is 7.52. The minimum atomic E-state index is 0.0516. The summed E-state index contributed by atoms with van der Waals surface area (Å²) in [5.41, 5.74) is 0.272. The van der Waals surface area contributed by atoms with Gasteiger partial charge in [0, 0.05) is 12.5 Å². The summed E-state index contributed by atoms with van der Waals surface area (Å²) in [5, 5.41) is 6.59. The molecule has 0 aromatic rings. The zero-order chi connectivity index (χ0) is 12.3. The lowest BCUT2D eigenvalue weighted by atomic mass is 9.69. The highest BCUT2D eigenvalue weighted by Crippen LogP contribution is 2.39. The fraction of sp³-hybridized carbons (Fsp3) is 0.923. The van der Waals surface area contributed by atoms with Crippen molar-refractivity contribution in [3.8, 4) is 0 Å². The molecule has 2 saturated heterocycles. The summed E-state index contributed by atoms with van der Waals surface area (Å²) in [4.78, 5) is 11.9. The van der Waals surface area contributed by atoms with Crippen LogP contribution in [0.5, 0.6) is 0 Å². The molecule has 4 heteroatoms. The van der Waals surface area contributed by atoms with Crippen LogP contribution in [0, 0.1) is 11.3 Å². The largest absolute Gasteiger partial charge is 0.379 e. The molecule has 4 nitrogen and oxygen atoms in total. The van der Waals surface area contributed by atoms with Gasteiger partial charge in [0.1, 0.15) is 0 Å². The Hall–Kier alpha value is -0.610. The van der Waals surface area contributed by atoms with Gasteiger partial charge in [0.15, 0.2) is 0 Å². The third-order valence-corrected chi connectivity index (χ3v) is 4.21. The van der Waals surface area contributed by atoms with E-state index in [1.807, 2.05) is 13.8 Å². The maximum Gasteiger partial charge on any atom is 0.222 e. The topological polar surface area (TPSA) is 50.4 Å². The van der Waals surface area contributed by atoms with Gasteiger partial charge in [-0.15, -0.1) is 0 Å². The number of carbonyl (C=O) groups excluding carboxylic acids is 1. The van der Waals surface area contributed by atoms with Crippen LogP contribution < -0.4 is 10.6 Å². The van der Waals surface area contributed by atoms with Gasteiger partial charge in [-0.25, -0.2) is 0 Å². The molecule has 98 valence electrons. The third-order valence-electron chi connectivity index (χ3n) is 4.21. The summed E-state index contributed by atoms with van der Waals surface area (Å²) >= 11 is 0. The molecule has 2 heterocycles. The van der Waals surface area contributed by atoms with Crippen LogP contribution in [0.3, 0.4) is 0 Å². The first kappa shape index (κ1) is 12.8. The van der Waals surface area contributed by atoms with E-state index >= 15 is 0 Å². The molecular weight excluding hydrogens is 216 g/mol. The average molecular weight is 240 g/mol. The Morgan fingerprint density at radius 1 is 1.35 bits per heavy atom. The van der Waals surface area contributed by atoms with E-state index in [1.165, 1.54) is 0 Å². The smallest absolute Gasteiger partial charge is 0.222 e. The Kier molecular flexibility index (Phi) is 4.05. The fourth-order valence-electron chi connectivity index (χ4n) is 2.88. The summed E-state index contributed by atoms with van der Waals surface area (Å²) in [6.07, 6.45) is 3.39. The quantitative estimate of drug-likeness (QED) is 0.754. The van der Waals surface area contributed by atoms with Gasteiger partial charge in [-0.1, -0.05) is 13.8 Å². The van der Waals surface area contributed by atoms with Crippen LogP contribution >= 0.6 is 0 Å². The van der Waals surface area contributed by atoms with Crippen LogP contribution in [0.15, 0.2) is 0 Å². The van der Waals surface area contributed by atoms with Gasteiger partial charge < -0.3 is 15.4 Å². The number of carbonyl (C=O) groups is 1. The molecule has 0 aromatic carbocycles. The van der Waals surface area contributed by atoms with Crippen molar-refractivity contribution in [3.05, 3.63) is 0 Å².